The van der Waals surface area contributed by atoms with Gasteiger partial charge < -0.3 is 5.32 Å². The standard InChI is InChI=1S/C16H15NO/c1-17-10-13-9-8-12-7-6-11-4-2-3-5-14(11)15(12)16(13)18/h2-9,13,17H,10H2,1H3. The summed E-state index contributed by atoms with van der Waals surface area (Å²) in [6, 6.07) is 12.2. The highest BCUT2D eigenvalue weighted by molar-refractivity contribution is 6.14. The van der Waals surface area contributed by atoms with E-state index in [0.717, 1.165) is 21.9 Å². The minimum absolute atomic E-state index is 0.0479. The van der Waals surface area contributed by atoms with Crippen LogP contribution in [0.2, 0.25) is 0 Å². The maximum absolute atomic E-state index is 12.5. The van der Waals surface area contributed by atoms with Gasteiger partial charge in [0.2, 0.25) is 0 Å². The summed E-state index contributed by atoms with van der Waals surface area (Å²) in [5, 5.41) is 5.26. The van der Waals surface area contributed by atoms with Crippen molar-refractivity contribution in [3.8, 4) is 0 Å². The van der Waals surface area contributed by atoms with Gasteiger partial charge in [-0.1, -0.05) is 48.6 Å². The van der Waals surface area contributed by atoms with Crippen molar-refractivity contribution in [1.82, 2.24) is 5.32 Å². The number of rotatable bonds is 2. The minimum Gasteiger partial charge on any atom is -0.319 e. The van der Waals surface area contributed by atoms with E-state index in [2.05, 4.69) is 17.5 Å². The predicted molar refractivity (Wildman–Crippen MR) is 74.7 cm³/mol. The first-order valence-corrected chi connectivity index (χ1v) is 6.20. The second kappa shape index (κ2) is 4.39. The molecule has 0 saturated carbocycles. The van der Waals surface area contributed by atoms with Crippen molar-refractivity contribution in [1.29, 1.82) is 0 Å². The monoisotopic (exact) mass is 237 g/mol. The van der Waals surface area contributed by atoms with Crippen LogP contribution < -0.4 is 5.32 Å². The van der Waals surface area contributed by atoms with Crippen LogP contribution in [0.15, 0.2) is 42.5 Å². The molecule has 0 radical (unpaired) electrons. The molecule has 0 bridgehead atoms. The van der Waals surface area contributed by atoms with E-state index in [4.69, 9.17) is 0 Å². The van der Waals surface area contributed by atoms with Crippen LogP contribution in [0.1, 0.15) is 15.9 Å². The summed E-state index contributed by atoms with van der Waals surface area (Å²) < 4.78 is 0. The number of fused-ring (bicyclic) bond motifs is 3. The number of hydrogen-bond donors (Lipinski definition) is 1. The summed E-state index contributed by atoms with van der Waals surface area (Å²) >= 11 is 0. The van der Waals surface area contributed by atoms with Gasteiger partial charge in [0, 0.05) is 12.1 Å². The Hall–Kier alpha value is -1.93. The lowest BCUT2D eigenvalue weighted by Gasteiger charge is -2.19. The van der Waals surface area contributed by atoms with Crippen molar-refractivity contribution < 1.29 is 4.79 Å². The minimum atomic E-state index is -0.0479. The maximum atomic E-state index is 12.5. The zero-order chi connectivity index (χ0) is 12.5. The third-order valence-corrected chi connectivity index (χ3v) is 3.48. The molecule has 0 aromatic heterocycles. The molecule has 2 heteroatoms. The molecule has 0 fully saturated rings. The number of carbonyl (C=O) groups is 1. The Bertz CT molecular complexity index is 643. The molecule has 90 valence electrons. The molecular formula is C16H15NO. The third kappa shape index (κ3) is 1.66. The normalized spacial score (nSPS) is 18.1. The first kappa shape index (κ1) is 11.2. The van der Waals surface area contributed by atoms with Crippen molar-refractivity contribution in [3.63, 3.8) is 0 Å². The number of nitrogens with one attached hydrogen (secondary N) is 1. The molecule has 1 N–H and O–H groups in total. The van der Waals surface area contributed by atoms with Crippen LogP contribution >= 0.6 is 0 Å². The summed E-state index contributed by atoms with van der Waals surface area (Å²) in [7, 11) is 1.87. The van der Waals surface area contributed by atoms with Crippen LogP contribution in [0, 0.1) is 5.92 Å². The highest BCUT2D eigenvalue weighted by atomic mass is 16.1. The summed E-state index contributed by atoms with van der Waals surface area (Å²) in [5.74, 6) is 0.173. The molecule has 0 amide bonds. The predicted octanol–water partition coefficient (Wildman–Crippen LogP) is 2.88. The molecule has 0 aliphatic heterocycles. The molecule has 1 unspecified atom stereocenters. The van der Waals surface area contributed by atoms with Gasteiger partial charge in [0.1, 0.15) is 0 Å². The molecule has 1 aliphatic rings. The molecule has 0 spiro atoms. The molecule has 1 aliphatic carbocycles. The summed E-state index contributed by atoms with van der Waals surface area (Å²) in [5.41, 5.74) is 1.90. The summed E-state index contributed by atoms with van der Waals surface area (Å²) in [6.07, 6.45) is 4.06. The van der Waals surface area contributed by atoms with E-state index < -0.39 is 0 Å². The maximum Gasteiger partial charge on any atom is 0.172 e. The Labute approximate surface area is 106 Å². The topological polar surface area (TPSA) is 29.1 Å². The van der Waals surface area contributed by atoms with E-state index in [1.54, 1.807) is 0 Å². The Morgan fingerprint density at radius 3 is 2.83 bits per heavy atom. The van der Waals surface area contributed by atoms with E-state index in [0.29, 0.717) is 6.54 Å². The van der Waals surface area contributed by atoms with Gasteiger partial charge in [-0.05, 0) is 23.4 Å². The first-order valence-electron chi connectivity index (χ1n) is 6.20. The van der Waals surface area contributed by atoms with E-state index in [1.807, 2.05) is 43.5 Å². The lowest BCUT2D eigenvalue weighted by Crippen LogP contribution is -2.27. The number of Topliss-reactive ketones (excluding diaryl/α,β-unsaturated/α-hetero) is 1. The van der Waals surface area contributed by atoms with Crippen molar-refractivity contribution >= 4 is 22.6 Å². The van der Waals surface area contributed by atoms with Crippen LogP contribution in [-0.2, 0) is 0 Å². The SMILES string of the molecule is CNCC1C=Cc2ccc3ccccc3c2C1=O. The van der Waals surface area contributed by atoms with Crippen molar-refractivity contribution in [3.05, 3.63) is 53.6 Å². The van der Waals surface area contributed by atoms with Crippen LogP contribution in [0.25, 0.3) is 16.8 Å². The number of hydrogen-bond acceptors (Lipinski definition) is 2. The molecule has 0 saturated heterocycles. The van der Waals surface area contributed by atoms with Gasteiger partial charge in [-0.2, -0.15) is 0 Å². The van der Waals surface area contributed by atoms with E-state index in [9.17, 15) is 4.79 Å². The zero-order valence-electron chi connectivity index (χ0n) is 10.3. The average Bonchev–Trinajstić information content (AvgIpc) is 2.41. The molecule has 3 rings (SSSR count). The van der Waals surface area contributed by atoms with Gasteiger partial charge in [-0.15, -0.1) is 0 Å². The molecule has 2 aromatic rings. The fourth-order valence-corrected chi connectivity index (χ4v) is 2.58. The second-order valence-corrected chi connectivity index (χ2v) is 4.64. The van der Waals surface area contributed by atoms with Crippen LogP contribution in [0.5, 0.6) is 0 Å². The smallest absolute Gasteiger partial charge is 0.172 e. The van der Waals surface area contributed by atoms with Gasteiger partial charge in [0.25, 0.3) is 0 Å². The molecule has 1 atom stereocenters. The van der Waals surface area contributed by atoms with Gasteiger partial charge in [-0.25, -0.2) is 0 Å². The van der Waals surface area contributed by atoms with Gasteiger partial charge >= 0.3 is 0 Å². The van der Waals surface area contributed by atoms with Crippen LogP contribution in [0.4, 0.5) is 0 Å². The highest BCUT2D eigenvalue weighted by Crippen LogP contribution is 2.29. The zero-order valence-corrected chi connectivity index (χ0v) is 10.3. The summed E-state index contributed by atoms with van der Waals surface area (Å²) in [4.78, 5) is 12.5. The number of carbonyl (C=O) groups excluding carboxylic acids is 1. The van der Waals surface area contributed by atoms with E-state index >= 15 is 0 Å². The molecular weight excluding hydrogens is 222 g/mol. The molecule has 2 nitrogen and oxygen atoms in total. The van der Waals surface area contributed by atoms with Gasteiger partial charge in [-0.3, -0.25) is 4.79 Å². The van der Waals surface area contributed by atoms with E-state index in [-0.39, 0.29) is 11.7 Å². The summed E-state index contributed by atoms with van der Waals surface area (Å²) in [6.45, 7) is 0.692. The number of ketones is 1. The van der Waals surface area contributed by atoms with Crippen molar-refractivity contribution in [2.24, 2.45) is 5.92 Å². The highest BCUT2D eigenvalue weighted by Gasteiger charge is 2.24. The molecule has 18 heavy (non-hydrogen) atoms. The first-order chi connectivity index (χ1) is 8.81. The van der Waals surface area contributed by atoms with Gasteiger partial charge in [0.05, 0.1) is 5.92 Å². The van der Waals surface area contributed by atoms with Gasteiger partial charge in [0.15, 0.2) is 5.78 Å². The fraction of sp³-hybridized carbons (Fsp3) is 0.188. The Morgan fingerprint density at radius 1 is 1.17 bits per heavy atom. The lowest BCUT2D eigenvalue weighted by molar-refractivity contribution is 0.0945. The molecule has 0 heterocycles. The van der Waals surface area contributed by atoms with Crippen molar-refractivity contribution in [2.75, 3.05) is 13.6 Å². The average molecular weight is 237 g/mol. The fourth-order valence-electron chi connectivity index (χ4n) is 2.58. The van der Waals surface area contributed by atoms with Crippen LogP contribution in [-0.4, -0.2) is 19.4 Å². The Kier molecular flexibility index (Phi) is 2.73. The van der Waals surface area contributed by atoms with Crippen LogP contribution in [0.3, 0.4) is 0 Å². The molecule has 2 aromatic carbocycles. The second-order valence-electron chi connectivity index (χ2n) is 4.64. The van der Waals surface area contributed by atoms with Crippen molar-refractivity contribution in [2.45, 2.75) is 0 Å². The lowest BCUT2D eigenvalue weighted by atomic mass is 9.85. The third-order valence-electron chi connectivity index (χ3n) is 3.48. The Balaban J connectivity index is 2.22. The number of benzene rings is 2. The quantitative estimate of drug-likeness (QED) is 0.870. The van der Waals surface area contributed by atoms with E-state index in [1.165, 1.54) is 0 Å². The largest absolute Gasteiger partial charge is 0.319 e. The Morgan fingerprint density at radius 2 is 2.00 bits per heavy atom.